The zero-order chi connectivity index (χ0) is 22.2. The summed E-state index contributed by atoms with van der Waals surface area (Å²) in [7, 11) is -4.27. The van der Waals surface area contributed by atoms with Crippen LogP contribution in [0.5, 0.6) is 0 Å². The molecule has 0 spiro atoms. The number of rotatable bonds is 12. The highest BCUT2D eigenvalue weighted by Crippen LogP contribution is 2.10. The summed E-state index contributed by atoms with van der Waals surface area (Å²) in [6.45, 7) is 7.43. The van der Waals surface area contributed by atoms with Crippen LogP contribution in [0.15, 0.2) is 53.7 Å². The summed E-state index contributed by atoms with van der Waals surface area (Å²) < 4.78 is 33.5. The normalized spacial score (nSPS) is 11.1. The standard InChI is InChI=1S/C18H32N.C7H8O3S/c1-3-4-5-6-7-8-9-10-11-12-15-19-16-13-18(2)14-17-19;1-6-2-4-7(5-3-6)11(8,9)10/h13-14,16-17H,3-12,15H2,1-2H3;2-5H,1H3,(H,8,9,10)/q+1;/p-1. The van der Waals surface area contributed by atoms with Crippen molar-refractivity contribution in [3.8, 4) is 0 Å². The maximum atomic E-state index is 10.4. The Morgan fingerprint density at radius 2 is 1.13 bits per heavy atom. The second-order valence-electron chi connectivity index (χ2n) is 8.06. The minimum atomic E-state index is -4.27. The van der Waals surface area contributed by atoms with Crippen LogP contribution in [0, 0.1) is 13.8 Å². The first-order valence-electron chi connectivity index (χ1n) is 11.3. The first kappa shape index (κ1) is 26.3. The molecule has 1 aromatic heterocycles. The largest absolute Gasteiger partial charge is 0.744 e. The lowest BCUT2D eigenvalue weighted by Crippen LogP contribution is -2.32. The molecule has 2 aromatic rings. The second-order valence-corrected chi connectivity index (χ2v) is 9.44. The van der Waals surface area contributed by atoms with Gasteiger partial charge in [-0.25, -0.2) is 13.0 Å². The molecule has 0 amide bonds. The molecule has 1 aromatic carbocycles. The molecule has 1 heterocycles. The van der Waals surface area contributed by atoms with Crippen molar-refractivity contribution < 1.29 is 17.5 Å². The highest BCUT2D eigenvalue weighted by atomic mass is 32.2. The lowest BCUT2D eigenvalue weighted by Gasteiger charge is -2.05. The van der Waals surface area contributed by atoms with Crippen molar-refractivity contribution >= 4 is 10.1 Å². The van der Waals surface area contributed by atoms with E-state index in [1.807, 2.05) is 6.92 Å². The molecule has 0 bridgehead atoms. The maximum absolute atomic E-state index is 10.4. The monoisotopic (exact) mass is 433 g/mol. The van der Waals surface area contributed by atoms with Gasteiger partial charge in [-0.2, -0.15) is 0 Å². The summed E-state index contributed by atoms with van der Waals surface area (Å²) in [6.07, 6.45) is 18.5. The number of aryl methyl sites for hydroxylation is 3. The van der Waals surface area contributed by atoms with Gasteiger partial charge in [0.25, 0.3) is 0 Å². The summed E-state index contributed by atoms with van der Waals surface area (Å²) in [6, 6.07) is 10.2. The molecule has 5 heteroatoms. The average Bonchev–Trinajstić information content (AvgIpc) is 2.71. The number of hydrogen-bond acceptors (Lipinski definition) is 3. The Bertz CT molecular complexity index is 784. The molecule has 0 aliphatic carbocycles. The Kier molecular flexibility index (Phi) is 13.3. The summed E-state index contributed by atoms with van der Waals surface area (Å²) in [5, 5.41) is 0. The van der Waals surface area contributed by atoms with Crippen LogP contribution in [0.25, 0.3) is 0 Å². The van der Waals surface area contributed by atoms with Gasteiger partial charge in [0.15, 0.2) is 12.4 Å². The zero-order valence-electron chi connectivity index (χ0n) is 19.0. The number of benzene rings is 1. The van der Waals surface area contributed by atoms with Crippen LogP contribution in [-0.4, -0.2) is 13.0 Å². The van der Waals surface area contributed by atoms with Gasteiger partial charge in [-0.3, -0.25) is 0 Å². The predicted molar refractivity (Wildman–Crippen MR) is 122 cm³/mol. The topological polar surface area (TPSA) is 61.1 Å². The number of pyridine rings is 1. The van der Waals surface area contributed by atoms with Crippen molar-refractivity contribution in [3.63, 3.8) is 0 Å². The molecule has 0 fully saturated rings. The minimum absolute atomic E-state index is 0.178. The molecule has 0 saturated heterocycles. The van der Waals surface area contributed by atoms with E-state index in [0.717, 1.165) is 5.56 Å². The van der Waals surface area contributed by atoms with E-state index in [0.29, 0.717) is 0 Å². The second kappa shape index (κ2) is 15.1. The molecule has 0 saturated carbocycles. The Morgan fingerprint density at radius 1 is 0.700 bits per heavy atom. The fourth-order valence-electron chi connectivity index (χ4n) is 3.17. The lowest BCUT2D eigenvalue weighted by atomic mass is 10.1. The third-order valence-electron chi connectivity index (χ3n) is 5.14. The Labute approximate surface area is 184 Å². The van der Waals surface area contributed by atoms with Crippen LogP contribution < -0.4 is 4.57 Å². The summed E-state index contributed by atoms with van der Waals surface area (Å²) >= 11 is 0. The van der Waals surface area contributed by atoms with Gasteiger partial charge in [0.2, 0.25) is 0 Å². The first-order valence-corrected chi connectivity index (χ1v) is 12.7. The molecular weight excluding hydrogens is 394 g/mol. The van der Waals surface area contributed by atoms with E-state index in [9.17, 15) is 13.0 Å². The molecule has 0 radical (unpaired) electrons. The first-order chi connectivity index (χ1) is 14.3. The van der Waals surface area contributed by atoms with Gasteiger partial charge >= 0.3 is 0 Å². The predicted octanol–water partition coefficient (Wildman–Crippen LogP) is 6.10. The van der Waals surface area contributed by atoms with E-state index in [1.54, 1.807) is 12.1 Å². The van der Waals surface area contributed by atoms with Crippen molar-refractivity contribution in [2.45, 2.75) is 96.4 Å². The molecule has 2 rings (SSSR count). The number of hydrogen-bond donors (Lipinski definition) is 0. The lowest BCUT2D eigenvalue weighted by molar-refractivity contribution is -0.697. The molecule has 0 N–H and O–H groups in total. The van der Waals surface area contributed by atoms with Crippen molar-refractivity contribution in [1.29, 1.82) is 0 Å². The number of unbranched alkanes of at least 4 members (excludes halogenated alkanes) is 9. The van der Waals surface area contributed by atoms with Crippen LogP contribution in [-0.2, 0) is 16.7 Å². The minimum Gasteiger partial charge on any atom is -0.744 e. The Hall–Kier alpha value is -1.72. The molecule has 0 aliphatic rings. The van der Waals surface area contributed by atoms with E-state index in [2.05, 4.69) is 42.9 Å². The fourth-order valence-corrected chi connectivity index (χ4v) is 3.64. The maximum Gasteiger partial charge on any atom is 0.169 e. The van der Waals surface area contributed by atoms with E-state index in [1.165, 1.54) is 88.4 Å². The molecular formula is C25H39NO3S. The van der Waals surface area contributed by atoms with Crippen LogP contribution in [0.2, 0.25) is 0 Å². The van der Waals surface area contributed by atoms with Gasteiger partial charge in [0, 0.05) is 18.6 Å². The van der Waals surface area contributed by atoms with Gasteiger partial charge in [-0.1, -0.05) is 76.0 Å². The molecule has 30 heavy (non-hydrogen) atoms. The molecule has 4 nitrogen and oxygen atoms in total. The number of aromatic nitrogens is 1. The Balaban J connectivity index is 0.000000346. The van der Waals surface area contributed by atoms with E-state index in [4.69, 9.17) is 0 Å². The fraction of sp³-hybridized carbons (Fsp3) is 0.560. The van der Waals surface area contributed by atoms with Gasteiger partial charge < -0.3 is 4.55 Å². The zero-order valence-corrected chi connectivity index (χ0v) is 19.8. The van der Waals surface area contributed by atoms with Gasteiger partial charge in [0.1, 0.15) is 16.7 Å². The average molecular weight is 434 g/mol. The molecule has 0 unspecified atom stereocenters. The Morgan fingerprint density at radius 3 is 1.60 bits per heavy atom. The third kappa shape index (κ3) is 12.8. The number of nitrogens with zero attached hydrogens (tertiary/aromatic N) is 1. The van der Waals surface area contributed by atoms with Crippen molar-refractivity contribution in [2.75, 3.05) is 0 Å². The van der Waals surface area contributed by atoms with Gasteiger partial charge in [-0.15, -0.1) is 0 Å². The van der Waals surface area contributed by atoms with Crippen molar-refractivity contribution in [3.05, 3.63) is 59.9 Å². The van der Waals surface area contributed by atoms with Crippen molar-refractivity contribution in [1.82, 2.24) is 0 Å². The van der Waals surface area contributed by atoms with Crippen LogP contribution in [0.3, 0.4) is 0 Å². The van der Waals surface area contributed by atoms with E-state index < -0.39 is 10.1 Å². The molecule has 0 aliphatic heterocycles. The summed E-state index contributed by atoms with van der Waals surface area (Å²) in [5.41, 5.74) is 2.27. The van der Waals surface area contributed by atoms with Crippen LogP contribution in [0.1, 0.15) is 82.3 Å². The van der Waals surface area contributed by atoms with Gasteiger partial charge in [0.05, 0.1) is 4.90 Å². The quantitative estimate of drug-likeness (QED) is 0.231. The van der Waals surface area contributed by atoms with Gasteiger partial charge in [-0.05, 0) is 38.0 Å². The van der Waals surface area contributed by atoms with E-state index in [-0.39, 0.29) is 4.90 Å². The van der Waals surface area contributed by atoms with Crippen molar-refractivity contribution in [2.24, 2.45) is 0 Å². The van der Waals surface area contributed by atoms with Crippen LogP contribution in [0.4, 0.5) is 0 Å². The SMILES string of the molecule is CCCCCCCCCCCC[n+]1ccc(C)cc1.Cc1ccc(S(=O)(=O)[O-])cc1. The molecule has 0 atom stereocenters. The van der Waals surface area contributed by atoms with Crippen LogP contribution >= 0.6 is 0 Å². The summed E-state index contributed by atoms with van der Waals surface area (Å²) in [5.74, 6) is 0. The highest BCUT2D eigenvalue weighted by Gasteiger charge is 1.99. The van der Waals surface area contributed by atoms with E-state index >= 15 is 0 Å². The smallest absolute Gasteiger partial charge is 0.169 e. The highest BCUT2D eigenvalue weighted by molar-refractivity contribution is 7.85. The molecule has 168 valence electrons. The third-order valence-corrected chi connectivity index (χ3v) is 5.99. The summed E-state index contributed by atoms with van der Waals surface area (Å²) in [4.78, 5) is -0.178.